The molecule has 96 valence electrons. The first-order chi connectivity index (χ1) is 7.28. The summed E-state index contributed by atoms with van der Waals surface area (Å²) in [4.78, 5) is 10.7. The van der Waals surface area contributed by atoms with Crippen molar-refractivity contribution in [3.63, 3.8) is 0 Å². The number of carboxylic acid groups (broad SMARTS) is 1. The second kappa shape index (κ2) is 6.46. The van der Waals surface area contributed by atoms with E-state index in [9.17, 15) is 13.2 Å². The fourth-order valence-corrected chi connectivity index (χ4v) is 3.59. The molecule has 0 saturated heterocycles. The van der Waals surface area contributed by atoms with Gasteiger partial charge in [0.25, 0.3) is 0 Å². The van der Waals surface area contributed by atoms with Crippen molar-refractivity contribution >= 4 is 27.8 Å². The van der Waals surface area contributed by atoms with Crippen LogP contribution in [0.3, 0.4) is 0 Å². The first-order valence-corrected chi connectivity index (χ1v) is 7.87. The zero-order valence-corrected chi connectivity index (χ0v) is 11.6. The lowest BCUT2D eigenvalue weighted by molar-refractivity contribution is -0.136. The van der Waals surface area contributed by atoms with Crippen LogP contribution in [0.2, 0.25) is 0 Å². The van der Waals surface area contributed by atoms with E-state index in [1.165, 1.54) is 18.3 Å². The molecule has 0 aromatic carbocycles. The Morgan fingerprint density at radius 3 is 2.31 bits per heavy atom. The Bertz CT molecular complexity index is 328. The number of nitrogens with zero attached hydrogens (tertiary/aromatic N) is 1. The van der Waals surface area contributed by atoms with Gasteiger partial charge in [0.05, 0.1) is 0 Å². The summed E-state index contributed by atoms with van der Waals surface area (Å²) in [5.41, 5.74) is 0. The van der Waals surface area contributed by atoms with Crippen molar-refractivity contribution in [2.75, 3.05) is 19.1 Å². The molecule has 0 radical (unpaired) electrons. The van der Waals surface area contributed by atoms with Crippen molar-refractivity contribution in [2.45, 2.75) is 31.6 Å². The molecule has 7 heteroatoms. The third-order valence-corrected chi connectivity index (χ3v) is 5.45. The summed E-state index contributed by atoms with van der Waals surface area (Å²) in [6, 6.07) is -0.151. The average Bonchev–Trinajstić information content (AvgIpc) is 2.23. The van der Waals surface area contributed by atoms with Gasteiger partial charge in [-0.3, -0.25) is 4.79 Å². The van der Waals surface area contributed by atoms with Crippen LogP contribution in [0, 0.1) is 0 Å². The number of hydrogen-bond donors (Lipinski definition) is 1. The summed E-state index contributed by atoms with van der Waals surface area (Å²) in [5, 5.41) is 7.34. The molecule has 0 rings (SSSR count). The van der Waals surface area contributed by atoms with Gasteiger partial charge in [-0.2, -0.15) is 11.8 Å². The van der Waals surface area contributed by atoms with Crippen LogP contribution in [-0.2, 0) is 14.8 Å². The molecule has 0 aromatic rings. The summed E-state index contributed by atoms with van der Waals surface area (Å²) < 4.78 is 24.9. The molecular weight excluding hydrogens is 250 g/mol. The lowest BCUT2D eigenvalue weighted by Gasteiger charge is -2.27. The quantitative estimate of drug-likeness (QED) is 0.742. The minimum Gasteiger partial charge on any atom is -0.480 e. The molecule has 0 heterocycles. The number of carbonyl (C=O) groups is 1. The molecule has 0 bridgehead atoms. The topological polar surface area (TPSA) is 74.7 Å². The number of aliphatic carboxylic acids is 1. The van der Waals surface area contributed by atoms with Crippen molar-refractivity contribution < 1.29 is 18.3 Å². The lowest BCUT2D eigenvalue weighted by Crippen LogP contribution is -2.45. The minimum atomic E-state index is -3.75. The Kier molecular flexibility index (Phi) is 6.35. The van der Waals surface area contributed by atoms with Crippen LogP contribution in [0.25, 0.3) is 0 Å². The molecule has 0 spiro atoms. The van der Waals surface area contributed by atoms with Gasteiger partial charge >= 0.3 is 5.97 Å². The number of hydrogen-bond acceptors (Lipinski definition) is 4. The molecule has 0 aromatic heterocycles. The van der Waals surface area contributed by atoms with Gasteiger partial charge in [-0.25, -0.2) is 12.7 Å². The zero-order chi connectivity index (χ0) is 12.9. The number of rotatable bonds is 7. The molecule has 0 aliphatic heterocycles. The molecule has 2 unspecified atom stereocenters. The van der Waals surface area contributed by atoms with Crippen LogP contribution < -0.4 is 0 Å². The maximum atomic E-state index is 11.9. The highest BCUT2D eigenvalue weighted by Crippen LogP contribution is 2.16. The molecule has 0 aliphatic rings. The fourth-order valence-electron chi connectivity index (χ4n) is 1.26. The van der Waals surface area contributed by atoms with Crippen LogP contribution in [-0.4, -0.2) is 54.1 Å². The van der Waals surface area contributed by atoms with Crippen LogP contribution >= 0.6 is 11.8 Å². The summed E-state index contributed by atoms with van der Waals surface area (Å²) in [6.07, 6.45) is 2.56. The van der Waals surface area contributed by atoms with Gasteiger partial charge in [0, 0.05) is 18.8 Å². The Morgan fingerprint density at radius 2 is 2.00 bits per heavy atom. The van der Waals surface area contributed by atoms with E-state index in [2.05, 4.69) is 0 Å². The van der Waals surface area contributed by atoms with Crippen molar-refractivity contribution in [3.8, 4) is 0 Å². The Morgan fingerprint density at radius 1 is 1.50 bits per heavy atom. The molecule has 16 heavy (non-hydrogen) atoms. The van der Waals surface area contributed by atoms with Gasteiger partial charge in [-0.1, -0.05) is 6.92 Å². The average molecular weight is 269 g/mol. The monoisotopic (exact) mass is 269 g/mol. The standard InChI is InChI=1S/C9H19NO4S2/c1-5-8(6-15-4)10(3)16(13,14)7(2)9(11)12/h7-8H,5-6H2,1-4H3,(H,11,12). The SMILES string of the molecule is CCC(CSC)N(C)S(=O)(=O)C(C)C(=O)O. The fraction of sp³-hybridized carbons (Fsp3) is 0.889. The predicted molar refractivity (Wildman–Crippen MR) is 66.2 cm³/mol. The highest BCUT2D eigenvalue weighted by Gasteiger charge is 2.34. The Hall–Kier alpha value is -0.270. The maximum Gasteiger partial charge on any atom is 0.323 e. The first-order valence-electron chi connectivity index (χ1n) is 4.97. The Balaban J connectivity index is 4.93. The molecule has 0 fully saturated rings. The largest absolute Gasteiger partial charge is 0.480 e. The predicted octanol–water partition coefficient (Wildman–Crippen LogP) is 0.863. The minimum absolute atomic E-state index is 0.151. The van der Waals surface area contributed by atoms with Gasteiger partial charge in [0.1, 0.15) is 0 Å². The second-order valence-electron chi connectivity index (χ2n) is 3.56. The van der Waals surface area contributed by atoms with Crippen LogP contribution in [0.4, 0.5) is 0 Å². The number of sulfonamides is 1. The van der Waals surface area contributed by atoms with E-state index in [0.717, 1.165) is 0 Å². The number of carboxylic acids is 1. The van der Waals surface area contributed by atoms with E-state index in [0.29, 0.717) is 12.2 Å². The third kappa shape index (κ3) is 3.64. The van der Waals surface area contributed by atoms with Crippen molar-refractivity contribution in [2.24, 2.45) is 0 Å². The normalized spacial score (nSPS) is 16.1. The molecular formula is C9H19NO4S2. The molecule has 1 N–H and O–H groups in total. The van der Waals surface area contributed by atoms with E-state index in [4.69, 9.17) is 5.11 Å². The molecule has 0 aliphatic carbocycles. The smallest absolute Gasteiger partial charge is 0.323 e. The van der Waals surface area contributed by atoms with E-state index < -0.39 is 21.2 Å². The van der Waals surface area contributed by atoms with E-state index >= 15 is 0 Å². The molecule has 0 saturated carbocycles. The summed E-state index contributed by atoms with van der Waals surface area (Å²) >= 11 is 1.55. The molecule has 2 atom stereocenters. The number of thioether (sulfide) groups is 1. The highest BCUT2D eigenvalue weighted by atomic mass is 32.2. The zero-order valence-electron chi connectivity index (χ0n) is 10.0. The highest BCUT2D eigenvalue weighted by molar-refractivity contribution is 7.98. The van der Waals surface area contributed by atoms with Crippen molar-refractivity contribution in [1.82, 2.24) is 4.31 Å². The van der Waals surface area contributed by atoms with Crippen LogP contribution in [0.15, 0.2) is 0 Å². The lowest BCUT2D eigenvalue weighted by atomic mass is 10.3. The first kappa shape index (κ1) is 15.7. The van der Waals surface area contributed by atoms with Gasteiger partial charge < -0.3 is 5.11 Å². The van der Waals surface area contributed by atoms with E-state index in [1.54, 1.807) is 11.8 Å². The van der Waals surface area contributed by atoms with Gasteiger partial charge in [0.2, 0.25) is 10.0 Å². The summed E-state index contributed by atoms with van der Waals surface area (Å²) in [6.45, 7) is 3.08. The second-order valence-corrected chi connectivity index (χ2v) is 6.78. The maximum absolute atomic E-state index is 11.9. The van der Waals surface area contributed by atoms with Crippen LogP contribution in [0.1, 0.15) is 20.3 Å². The van der Waals surface area contributed by atoms with Crippen molar-refractivity contribution in [1.29, 1.82) is 0 Å². The summed E-state index contributed by atoms with van der Waals surface area (Å²) in [7, 11) is -2.31. The van der Waals surface area contributed by atoms with Crippen LogP contribution in [0.5, 0.6) is 0 Å². The van der Waals surface area contributed by atoms with E-state index in [-0.39, 0.29) is 6.04 Å². The summed E-state index contributed by atoms with van der Waals surface area (Å²) in [5.74, 6) is -0.649. The van der Waals surface area contributed by atoms with Gasteiger partial charge in [0.15, 0.2) is 5.25 Å². The Labute approximate surface area is 101 Å². The van der Waals surface area contributed by atoms with E-state index in [1.807, 2.05) is 13.2 Å². The third-order valence-electron chi connectivity index (χ3n) is 2.54. The molecule has 5 nitrogen and oxygen atoms in total. The van der Waals surface area contributed by atoms with Gasteiger partial charge in [-0.15, -0.1) is 0 Å². The van der Waals surface area contributed by atoms with Crippen molar-refractivity contribution in [3.05, 3.63) is 0 Å². The molecule has 0 amide bonds. The van der Waals surface area contributed by atoms with Gasteiger partial charge in [-0.05, 0) is 19.6 Å².